The first kappa shape index (κ1) is 14.1. The van der Waals surface area contributed by atoms with Crippen molar-refractivity contribution < 1.29 is 4.79 Å². The summed E-state index contributed by atoms with van der Waals surface area (Å²) in [6.07, 6.45) is 2.03. The molecule has 0 aliphatic carbocycles. The lowest BCUT2D eigenvalue weighted by molar-refractivity contribution is 0.247. The number of carbonyl (C=O) groups excluding carboxylic acids is 1. The van der Waals surface area contributed by atoms with Gasteiger partial charge in [-0.15, -0.1) is 0 Å². The third kappa shape index (κ3) is 4.10. The first-order valence-electron chi connectivity index (χ1n) is 5.53. The number of nitrogens with zero attached hydrogens (tertiary/aromatic N) is 1. The molecule has 0 radical (unpaired) electrons. The van der Waals surface area contributed by atoms with Crippen LogP contribution in [0.3, 0.4) is 0 Å². The van der Waals surface area contributed by atoms with Crippen LogP contribution >= 0.6 is 23.2 Å². The van der Waals surface area contributed by atoms with Crippen LogP contribution < -0.4 is 10.2 Å². The highest BCUT2D eigenvalue weighted by molar-refractivity contribution is 6.42. The van der Waals surface area contributed by atoms with Crippen molar-refractivity contribution in [1.29, 1.82) is 0 Å². The standard InChI is InChI=1S/C12H16Cl2N2O/c1-3-4-7-15-12(17)16(2)9-5-6-10(13)11(14)8-9/h5-6,8H,3-4,7H2,1-2H3,(H,15,17). The summed E-state index contributed by atoms with van der Waals surface area (Å²) in [5.41, 5.74) is 0.716. The predicted octanol–water partition coefficient (Wildman–Crippen LogP) is 3.94. The summed E-state index contributed by atoms with van der Waals surface area (Å²) in [6, 6.07) is 4.96. The Morgan fingerprint density at radius 3 is 2.65 bits per heavy atom. The van der Waals surface area contributed by atoms with E-state index in [4.69, 9.17) is 23.2 Å². The SMILES string of the molecule is CCCCNC(=O)N(C)c1ccc(Cl)c(Cl)c1. The molecule has 0 aromatic heterocycles. The number of unbranched alkanes of at least 4 members (excludes halogenated alkanes) is 1. The second-order valence-corrected chi connectivity index (χ2v) is 4.56. The largest absolute Gasteiger partial charge is 0.338 e. The highest BCUT2D eigenvalue weighted by Gasteiger charge is 2.11. The molecular formula is C12H16Cl2N2O. The zero-order chi connectivity index (χ0) is 12.8. The van der Waals surface area contributed by atoms with Gasteiger partial charge in [0.05, 0.1) is 10.0 Å². The summed E-state index contributed by atoms with van der Waals surface area (Å²) in [6.45, 7) is 2.76. The number of carbonyl (C=O) groups is 1. The van der Waals surface area contributed by atoms with Gasteiger partial charge in [-0.3, -0.25) is 4.90 Å². The van der Waals surface area contributed by atoms with E-state index in [0.717, 1.165) is 12.8 Å². The molecule has 94 valence electrons. The molecule has 0 saturated carbocycles. The van der Waals surface area contributed by atoms with Crippen LogP contribution in [0, 0.1) is 0 Å². The molecule has 0 fully saturated rings. The minimum Gasteiger partial charge on any atom is -0.338 e. The summed E-state index contributed by atoms with van der Waals surface area (Å²) in [7, 11) is 1.70. The topological polar surface area (TPSA) is 32.3 Å². The monoisotopic (exact) mass is 274 g/mol. The summed E-state index contributed by atoms with van der Waals surface area (Å²) < 4.78 is 0. The zero-order valence-electron chi connectivity index (χ0n) is 9.96. The second-order valence-electron chi connectivity index (χ2n) is 3.74. The molecular weight excluding hydrogens is 259 g/mol. The maximum Gasteiger partial charge on any atom is 0.321 e. The Kier molecular flexibility index (Phi) is 5.59. The van der Waals surface area contributed by atoms with Crippen LogP contribution in [0.1, 0.15) is 19.8 Å². The average Bonchev–Trinajstić information content (AvgIpc) is 2.32. The molecule has 3 nitrogen and oxygen atoms in total. The van der Waals surface area contributed by atoms with Crippen molar-refractivity contribution in [2.24, 2.45) is 0 Å². The van der Waals surface area contributed by atoms with Crippen molar-refractivity contribution in [2.45, 2.75) is 19.8 Å². The third-order valence-corrected chi connectivity index (χ3v) is 3.14. The Morgan fingerprint density at radius 1 is 1.35 bits per heavy atom. The number of urea groups is 1. The fourth-order valence-electron chi connectivity index (χ4n) is 1.30. The average molecular weight is 275 g/mol. The summed E-state index contributed by atoms with van der Waals surface area (Å²) in [5.74, 6) is 0. The lowest BCUT2D eigenvalue weighted by Gasteiger charge is -2.18. The number of amides is 2. The molecule has 1 aromatic carbocycles. The van der Waals surface area contributed by atoms with Gasteiger partial charge in [-0.2, -0.15) is 0 Å². The van der Waals surface area contributed by atoms with Gasteiger partial charge in [0.2, 0.25) is 0 Å². The number of benzene rings is 1. The van der Waals surface area contributed by atoms with Crippen LogP contribution in [0.4, 0.5) is 10.5 Å². The van der Waals surface area contributed by atoms with Crippen molar-refractivity contribution in [3.63, 3.8) is 0 Å². The van der Waals surface area contributed by atoms with Crippen LogP contribution in [0.15, 0.2) is 18.2 Å². The molecule has 1 aromatic rings. The third-order valence-electron chi connectivity index (χ3n) is 2.40. The van der Waals surface area contributed by atoms with E-state index < -0.39 is 0 Å². The van der Waals surface area contributed by atoms with Crippen LogP contribution in [-0.2, 0) is 0 Å². The van der Waals surface area contributed by atoms with E-state index in [2.05, 4.69) is 12.2 Å². The molecule has 2 amide bonds. The molecule has 0 heterocycles. The molecule has 0 unspecified atom stereocenters. The Hall–Kier alpha value is -0.930. The fourth-order valence-corrected chi connectivity index (χ4v) is 1.59. The molecule has 1 rings (SSSR count). The van der Waals surface area contributed by atoms with E-state index in [1.807, 2.05) is 0 Å². The van der Waals surface area contributed by atoms with Gasteiger partial charge >= 0.3 is 6.03 Å². The predicted molar refractivity (Wildman–Crippen MR) is 73.2 cm³/mol. The van der Waals surface area contributed by atoms with Gasteiger partial charge in [0.25, 0.3) is 0 Å². The van der Waals surface area contributed by atoms with Gasteiger partial charge in [0, 0.05) is 19.3 Å². The molecule has 17 heavy (non-hydrogen) atoms. The molecule has 0 atom stereocenters. The number of anilines is 1. The summed E-state index contributed by atoms with van der Waals surface area (Å²) in [4.78, 5) is 13.3. The molecule has 1 N–H and O–H groups in total. The smallest absolute Gasteiger partial charge is 0.321 e. The van der Waals surface area contributed by atoms with Crippen molar-refractivity contribution in [2.75, 3.05) is 18.5 Å². The summed E-state index contributed by atoms with van der Waals surface area (Å²) in [5, 5.41) is 3.75. The highest BCUT2D eigenvalue weighted by atomic mass is 35.5. The van der Waals surface area contributed by atoms with Crippen molar-refractivity contribution in [3.05, 3.63) is 28.2 Å². The Labute approximate surface area is 112 Å². The second kappa shape index (κ2) is 6.72. The summed E-state index contributed by atoms with van der Waals surface area (Å²) >= 11 is 11.7. The quantitative estimate of drug-likeness (QED) is 0.829. The number of halogens is 2. The van der Waals surface area contributed by atoms with Gasteiger partial charge in [-0.25, -0.2) is 4.79 Å². The molecule has 5 heteroatoms. The van der Waals surface area contributed by atoms with Crippen molar-refractivity contribution in [3.8, 4) is 0 Å². The molecule has 0 spiro atoms. The van der Waals surface area contributed by atoms with Gasteiger partial charge in [-0.1, -0.05) is 36.5 Å². The normalized spacial score (nSPS) is 10.1. The van der Waals surface area contributed by atoms with Gasteiger partial charge in [-0.05, 0) is 24.6 Å². The number of hydrogen-bond acceptors (Lipinski definition) is 1. The molecule has 0 aliphatic heterocycles. The maximum atomic E-state index is 11.8. The van der Waals surface area contributed by atoms with Crippen LogP contribution in [0.5, 0.6) is 0 Å². The van der Waals surface area contributed by atoms with E-state index in [0.29, 0.717) is 22.3 Å². The number of hydrogen-bond donors (Lipinski definition) is 1. The van der Waals surface area contributed by atoms with Crippen LogP contribution in [0.25, 0.3) is 0 Å². The minimum absolute atomic E-state index is 0.142. The first-order valence-corrected chi connectivity index (χ1v) is 6.28. The lowest BCUT2D eigenvalue weighted by atomic mass is 10.3. The van der Waals surface area contributed by atoms with Crippen molar-refractivity contribution >= 4 is 34.9 Å². The van der Waals surface area contributed by atoms with Gasteiger partial charge < -0.3 is 5.32 Å². The Morgan fingerprint density at radius 2 is 2.06 bits per heavy atom. The van der Waals surface area contributed by atoms with E-state index in [1.54, 1.807) is 25.2 Å². The number of rotatable bonds is 4. The Balaban J connectivity index is 2.65. The highest BCUT2D eigenvalue weighted by Crippen LogP contribution is 2.26. The van der Waals surface area contributed by atoms with Gasteiger partial charge in [0.1, 0.15) is 0 Å². The molecule has 0 saturated heterocycles. The van der Waals surface area contributed by atoms with Crippen LogP contribution in [0.2, 0.25) is 10.0 Å². The van der Waals surface area contributed by atoms with E-state index in [1.165, 1.54) is 4.90 Å². The maximum absolute atomic E-state index is 11.8. The molecule has 0 aliphatic rings. The fraction of sp³-hybridized carbons (Fsp3) is 0.417. The molecule has 0 bridgehead atoms. The zero-order valence-corrected chi connectivity index (χ0v) is 11.5. The van der Waals surface area contributed by atoms with Crippen LogP contribution in [-0.4, -0.2) is 19.6 Å². The van der Waals surface area contributed by atoms with E-state index >= 15 is 0 Å². The minimum atomic E-state index is -0.142. The number of nitrogens with one attached hydrogen (secondary N) is 1. The van der Waals surface area contributed by atoms with E-state index in [-0.39, 0.29) is 6.03 Å². The lowest BCUT2D eigenvalue weighted by Crippen LogP contribution is -2.37. The van der Waals surface area contributed by atoms with E-state index in [9.17, 15) is 4.79 Å². The van der Waals surface area contributed by atoms with Crippen molar-refractivity contribution in [1.82, 2.24) is 5.32 Å². The first-order chi connectivity index (χ1) is 8.06. The van der Waals surface area contributed by atoms with Gasteiger partial charge in [0.15, 0.2) is 0 Å². The Bertz CT molecular complexity index is 396.